The first-order chi connectivity index (χ1) is 10.8. The second-order valence-electron chi connectivity index (χ2n) is 4.54. The van der Waals surface area contributed by atoms with Gasteiger partial charge in [0.15, 0.2) is 5.16 Å². The molecule has 1 amide bonds. The van der Waals surface area contributed by atoms with Crippen molar-refractivity contribution >= 4 is 23.4 Å². The van der Waals surface area contributed by atoms with Gasteiger partial charge in [-0.2, -0.15) is 0 Å². The monoisotopic (exact) mass is 310 g/mol. The molecule has 6 heteroatoms. The number of amides is 1. The van der Waals surface area contributed by atoms with Gasteiger partial charge in [-0.3, -0.25) is 9.78 Å². The molecule has 0 aliphatic rings. The van der Waals surface area contributed by atoms with Crippen LogP contribution in [0.2, 0.25) is 0 Å². The van der Waals surface area contributed by atoms with Gasteiger partial charge in [0, 0.05) is 23.6 Å². The lowest BCUT2D eigenvalue weighted by molar-refractivity contribution is -0.113. The Kier molecular flexibility index (Phi) is 4.50. The Labute approximate surface area is 132 Å². The van der Waals surface area contributed by atoms with Crippen LogP contribution in [0.1, 0.15) is 0 Å². The second kappa shape index (κ2) is 6.91. The molecular weight excluding hydrogens is 296 g/mol. The maximum atomic E-state index is 11.9. The minimum absolute atomic E-state index is 0.0574. The average Bonchev–Trinajstić information content (AvgIpc) is 3.04. The van der Waals surface area contributed by atoms with E-state index in [0.29, 0.717) is 5.75 Å². The fourth-order valence-corrected chi connectivity index (χ4v) is 2.56. The fraction of sp³-hybridized carbons (Fsp3) is 0.0625. The maximum Gasteiger partial charge on any atom is 0.234 e. The maximum absolute atomic E-state index is 11.9. The van der Waals surface area contributed by atoms with Gasteiger partial charge in [-0.05, 0) is 24.3 Å². The molecule has 3 rings (SSSR count). The molecule has 3 aromatic rings. The number of pyridine rings is 1. The first-order valence-electron chi connectivity index (χ1n) is 6.74. The Morgan fingerprint density at radius 3 is 2.68 bits per heavy atom. The minimum atomic E-state index is -0.0574. The Morgan fingerprint density at radius 2 is 1.91 bits per heavy atom. The van der Waals surface area contributed by atoms with Crippen molar-refractivity contribution < 1.29 is 4.79 Å². The third kappa shape index (κ3) is 3.73. The van der Waals surface area contributed by atoms with Gasteiger partial charge in [-0.25, -0.2) is 4.98 Å². The summed E-state index contributed by atoms with van der Waals surface area (Å²) in [6.07, 6.45) is 5.22. The number of hydrogen-bond acceptors (Lipinski definition) is 4. The number of para-hydroxylation sites is 1. The fourth-order valence-electron chi connectivity index (χ4n) is 1.91. The lowest BCUT2D eigenvalue weighted by Gasteiger charge is -2.03. The largest absolute Gasteiger partial charge is 0.333 e. The number of carbonyl (C=O) groups is 1. The summed E-state index contributed by atoms with van der Waals surface area (Å²) in [6.45, 7) is 0. The summed E-state index contributed by atoms with van der Waals surface area (Å²) in [5.74, 6) is 0.246. The molecule has 0 aliphatic carbocycles. The zero-order valence-corrected chi connectivity index (χ0v) is 12.5. The Bertz CT molecular complexity index is 743. The van der Waals surface area contributed by atoms with Gasteiger partial charge in [0.2, 0.25) is 5.91 Å². The standard InChI is InChI=1S/C16H14N4OS/c21-15(19-13-4-2-1-3-5-13)11-22-16-18-10-14(20-16)12-6-8-17-9-7-12/h1-10H,11H2,(H,18,20)(H,19,21). The molecule has 0 atom stereocenters. The Hall–Kier alpha value is -2.60. The summed E-state index contributed by atoms with van der Waals surface area (Å²) in [5, 5.41) is 3.56. The molecule has 1 aromatic carbocycles. The predicted molar refractivity (Wildman–Crippen MR) is 87.6 cm³/mol. The highest BCUT2D eigenvalue weighted by atomic mass is 32.2. The van der Waals surface area contributed by atoms with E-state index in [1.54, 1.807) is 18.6 Å². The number of nitrogens with zero attached hydrogens (tertiary/aromatic N) is 2. The Morgan fingerprint density at radius 1 is 1.14 bits per heavy atom. The van der Waals surface area contributed by atoms with Gasteiger partial charge < -0.3 is 10.3 Å². The normalized spacial score (nSPS) is 10.4. The van der Waals surface area contributed by atoms with Crippen LogP contribution >= 0.6 is 11.8 Å². The van der Waals surface area contributed by atoms with Gasteiger partial charge in [0.25, 0.3) is 0 Å². The highest BCUT2D eigenvalue weighted by molar-refractivity contribution is 7.99. The van der Waals surface area contributed by atoms with Crippen LogP contribution in [0.3, 0.4) is 0 Å². The number of aromatic nitrogens is 3. The first kappa shape index (κ1) is 14.3. The van der Waals surface area contributed by atoms with Crippen molar-refractivity contribution in [3.8, 4) is 11.3 Å². The van der Waals surface area contributed by atoms with E-state index in [1.165, 1.54) is 11.8 Å². The first-order valence-corrected chi connectivity index (χ1v) is 7.73. The van der Waals surface area contributed by atoms with Crippen LogP contribution < -0.4 is 5.32 Å². The van der Waals surface area contributed by atoms with E-state index >= 15 is 0 Å². The molecule has 0 spiro atoms. The van der Waals surface area contributed by atoms with E-state index in [0.717, 1.165) is 22.1 Å². The van der Waals surface area contributed by atoms with Crippen LogP contribution in [-0.4, -0.2) is 26.6 Å². The van der Waals surface area contributed by atoms with Crippen molar-refractivity contribution in [1.29, 1.82) is 0 Å². The van der Waals surface area contributed by atoms with Crippen LogP contribution in [-0.2, 0) is 4.79 Å². The van der Waals surface area contributed by atoms with Gasteiger partial charge in [0.05, 0.1) is 17.6 Å². The number of thioether (sulfide) groups is 1. The van der Waals surface area contributed by atoms with Crippen molar-refractivity contribution in [2.75, 3.05) is 11.1 Å². The molecule has 0 aliphatic heterocycles. The van der Waals surface area contributed by atoms with Crippen molar-refractivity contribution in [2.24, 2.45) is 0 Å². The van der Waals surface area contributed by atoms with E-state index in [4.69, 9.17) is 0 Å². The summed E-state index contributed by atoms with van der Waals surface area (Å²) in [4.78, 5) is 23.3. The smallest absolute Gasteiger partial charge is 0.234 e. The Balaban J connectivity index is 1.56. The molecular formula is C16H14N4OS. The van der Waals surface area contributed by atoms with Gasteiger partial charge in [0.1, 0.15) is 0 Å². The molecule has 0 saturated carbocycles. The zero-order chi connectivity index (χ0) is 15.2. The summed E-state index contributed by atoms with van der Waals surface area (Å²) in [5.41, 5.74) is 2.72. The number of aromatic amines is 1. The van der Waals surface area contributed by atoms with Crippen LogP contribution in [0.4, 0.5) is 5.69 Å². The SMILES string of the molecule is O=C(CSc1ncc(-c2ccncc2)[nH]1)Nc1ccccc1. The molecule has 0 radical (unpaired) electrons. The molecule has 5 nitrogen and oxygen atoms in total. The molecule has 2 heterocycles. The topological polar surface area (TPSA) is 70.7 Å². The number of anilines is 1. The molecule has 22 heavy (non-hydrogen) atoms. The molecule has 0 bridgehead atoms. The highest BCUT2D eigenvalue weighted by Crippen LogP contribution is 2.20. The van der Waals surface area contributed by atoms with Crippen molar-refractivity contribution in [1.82, 2.24) is 15.0 Å². The van der Waals surface area contributed by atoms with E-state index in [2.05, 4.69) is 20.3 Å². The summed E-state index contributed by atoms with van der Waals surface area (Å²) >= 11 is 1.37. The van der Waals surface area contributed by atoms with E-state index in [-0.39, 0.29) is 5.91 Å². The molecule has 110 valence electrons. The van der Waals surface area contributed by atoms with Crippen molar-refractivity contribution in [3.63, 3.8) is 0 Å². The molecule has 2 N–H and O–H groups in total. The molecule has 0 fully saturated rings. The number of imidazole rings is 1. The predicted octanol–water partition coefficient (Wildman–Crippen LogP) is 3.20. The number of H-pyrrole nitrogens is 1. The quantitative estimate of drug-likeness (QED) is 0.710. The van der Waals surface area contributed by atoms with Crippen LogP contribution in [0.25, 0.3) is 11.3 Å². The zero-order valence-electron chi connectivity index (χ0n) is 11.7. The summed E-state index contributed by atoms with van der Waals surface area (Å²) in [6, 6.07) is 13.2. The lowest BCUT2D eigenvalue weighted by atomic mass is 10.2. The van der Waals surface area contributed by atoms with Gasteiger partial charge in [-0.15, -0.1) is 0 Å². The third-order valence-electron chi connectivity index (χ3n) is 2.94. The number of benzene rings is 1. The van der Waals surface area contributed by atoms with E-state index < -0.39 is 0 Å². The summed E-state index contributed by atoms with van der Waals surface area (Å²) in [7, 11) is 0. The average molecular weight is 310 g/mol. The van der Waals surface area contributed by atoms with Crippen LogP contribution in [0, 0.1) is 0 Å². The minimum Gasteiger partial charge on any atom is -0.333 e. The number of hydrogen-bond donors (Lipinski definition) is 2. The van der Waals surface area contributed by atoms with E-state index in [9.17, 15) is 4.79 Å². The van der Waals surface area contributed by atoms with Gasteiger partial charge in [-0.1, -0.05) is 30.0 Å². The number of nitrogens with one attached hydrogen (secondary N) is 2. The number of carbonyl (C=O) groups excluding carboxylic acids is 1. The van der Waals surface area contributed by atoms with E-state index in [1.807, 2.05) is 42.5 Å². The van der Waals surface area contributed by atoms with Crippen molar-refractivity contribution in [3.05, 3.63) is 61.1 Å². The van der Waals surface area contributed by atoms with Gasteiger partial charge >= 0.3 is 0 Å². The van der Waals surface area contributed by atoms with Crippen LogP contribution in [0.5, 0.6) is 0 Å². The molecule has 0 saturated heterocycles. The highest BCUT2D eigenvalue weighted by Gasteiger charge is 2.07. The third-order valence-corrected chi connectivity index (χ3v) is 3.83. The number of rotatable bonds is 5. The van der Waals surface area contributed by atoms with Crippen molar-refractivity contribution in [2.45, 2.75) is 5.16 Å². The second-order valence-corrected chi connectivity index (χ2v) is 5.50. The lowest BCUT2D eigenvalue weighted by Crippen LogP contribution is -2.13. The summed E-state index contributed by atoms with van der Waals surface area (Å²) < 4.78 is 0. The molecule has 2 aromatic heterocycles. The van der Waals surface area contributed by atoms with Crippen LogP contribution in [0.15, 0.2) is 66.2 Å². The molecule has 0 unspecified atom stereocenters.